The molecule has 1 atom stereocenters. The highest BCUT2D eigenvalue weighted by Gasteiger charge is 2.18. The van der Waals surface area contributed by atoms with E-state index < -0.39 is 0 Å². The van der Waals surface area contributed by atoms with Crippen molar-refractivity contribution < 1.29 is 4.74 Å². The van der Waals surface area contributed by atoms with Gasteiger partial charge in [-0.05, 0) is 38.1 Å². The second-order valence-corrected chi connectivity index (χ2v) is 5.97. The van der Waals surface area contributed by atoms with Gasteiger partial charge in [0, 0.05) is 15.3 Å². The third kappa shape index (κ3) is 3.41. The van der Waals surface area contributed by atoms with Crippen LogP contribution < -0.4 is 10.1 Å². The molecule has 1 unspecified atom stereocenters. The van der Waals surface area contributed by atoms with E-state index in [1.54, 1.807) is 0 Å². The van der Waals surface area contributed by atoms with E-state index in [2.05, 4.69) is 49.5 Å². The maximum atomic E-state index is 5.89. The third-order valence-electron chi connectivity index (χ3n) is 3.30. The summed E-state index contributed by atoms with van der Waals surface area (Å²) < 4.78 is 5.89. The molecule has 0 bridgehead atoms. The standard InChI is InChI=1S/C17H23NOS/c1-4-12-19-15-9-7-6-8-14(15)17(18-3)16-11-10-13(5-2)20-16/h6-11,17-18H,4-5,12H2,1-3H3. The van der Waals surface area contributed by atoms with E-state index in [9.17, 15) is 0 Å². The predicted molar refractivity (Wildman–Crippen MR) is 86.8 cm³/mol. The Hall–Kier alpha value is -1.32. The minimum absolute atomic E-state index is 0.202. The van der Waals surface area contributed by atoms with Crippen LogP contribution in [0.2, 0.25) is 0 Å². The first-order valence-corrected chi connectivity index (χ1v) is 8.09. The molecule has 0 saturated heterocycles. The van der Waals surface area contributed by atoms with Gasteiger partial charge in [0.2, 0.25) is 0 Å². The summed E-state index contributed by atoms with van der Waals surface area (Å²) in [6.45, 7) is 5.09. The molecule has 3 heteroatoms. The molecule has 1 aromatic heterocycles. The Morgan fingerprint density at radius 1 is 1.15 bits per heavy atom. The van der Waals surface area contributed by atoms with E-state index in [0.29, 0.717) is 0 Å². The maximum Gasteiger partial charge on any atom is 0.124 e. The first-order chi connectivity index (χ1) is 9.80. The minimum Gasteiger partial charge on any atom is -0.493 e. The van der Waals surface area contributed by atoms with Crippen molar-refractivity contribution in [1.82, 2.24) is 5.32 Å². The molecule has 0 aliphatic heterocycles. The fourth-order valence-electron chi connectivity index (χ4n) is 2.25. The van der Waals surface area contributed by atoms with Gasteiger partial charge in [0.15, 0.2) is 0 Å². The van der Waals surface area contributed by atoms with E-state index in [1.165, 1.54) is 15.3 Å². The van der Waals surface area contributed by atoms with Crippen LogP contribution in [0.3, 0.4) is 0 Å². The molecular formula is C17H23NOS. The number of aryl methyl sites for hydroxylation is 1. The average molecular weight is 289 g/mol. The van der Waals surface area contributed by atoms with Gasteiger partial charge in [0.05, 0.1) is 12.6 Å². The molecule has 2 aromatic rings. The molecule has 0 radical (unpaired) electrons. The molecule has 1 N–H and O–H groups in total. The van der Waals surface area contributed by atoms with Crippen LogP contribution in [-0.4, -0.2) is 13.7 Å². The maximum absolute atomic E-state index is 5.89. The number of rotatable bonds is 7. The Balaban J connectivity index is 2.31. The lowest BCUT2D eigenvalue weighted by atomic mass is 10.0. The molecule has 0 aliphatic carbocycles. The van der Waals surface area contributed by atoms with Crippen LogP contribution in [0.5, 0.6) is 5.75 Å². The van der Waals surface area contributed by atoms with Crippen LogP contribution in [-0.2, 0) is 6.42 Å². The van der Waals surface area contributed by atoms with E-state index in [1.807, 2.05) is 24.5 Å². The van der Waals surface area contributed by atoms with Gasteiger partial charge < -0.3 is 10.1 Å². The number of hydrogen-bond acceptors (Lipinski definition) is 3. The number of ether oxygens (including phenoxy) is 1. The van der Waals surface area contributed by atoms with Gasteiger partial charge in [-0.15, -0.1) is 11.3 Å². The number of para-hydroxylation sites is 1. The van der Waals surface area contributed by atoms with E-state index in [0.717, 1.165) is 25.2 Å². The fourth-order valence-corrected chi connectivity index (χ4v) is 3.34. The van der Waals surface area contributed by atoms with Gasteiger partial charge >= 0.3 is 0 Å². The fraction of sp³-hybridized carbons (Fsp3) is 0.412. The van der Waals surface area contributed by atoms with Crippen molar-refractivity contribution in [3.8, 4) is 5.75 Å². The molecule has 0 aliphatic rings. The molecule has 0 fully saturated rings. The Morgan fingerprint density at radius 2 is 1.95 bits per heavy atom. The quantitative estimate of drug-likeness (QED) is 0.815. The van der Waals surface area contributed by atoms with Crippen molar-refractivity contribution in [1.29, 1.82) is 0 Å². The molecule has 0 spiro atoms. The molecule has 1 heterocycles. The summed E-state index contributed by atoms with van der Waals surface area (Å²) >= 11 is 1.87. The van der Waals surface area contributed by atoms with Crippen LogP contribution in [0.25, 0.3) is 0 Å². The molecule has 0 amide bonds. The van der Waals surface area contributed by atoms with Crippen LogP contribution in [0, 0.1) is 0 Å². The van der Waals surface area contributed by atoms with E-state index in [4.69, 9.17) is 4.74 Å². The zero-order valence-electron chi connectivity index (χ0n) is 12.5. The molecule has 1 aromatic carbocycles. The van der Waals surface area contributed by atoms with Crippen molar-refractivity contribution in [3.63, 3.8) is 0 Å². The van der Waals surface area contributed by atoms with Crippen molar-refractivity contribution in [3.05, 3.63) is 51.7 Å². The molecule has 20 heavy (non-hydrogen) atoms. The average Bonchev–Trinajstić information content (AvgIpc) is 2.96. The Bertz CT molecular complexity index is 535. The smallest absolute Gasteiger partial charge is 0.124 e. The Kier molecular flexibility index (Phi) is 5.62. The summed E-state index contributed by atoms with van der Waals surface area (Å²) in [6.07, 6.45) is 2.12. The first kappa shape index (κ1) is 15.1. The monoisotopic (exact) mass is 289 g/mol. The molecule has 2 nitrogen and oxygen atoms in total. The van der Waals surface area contributed by atoms with Gasteiger partial charge in [0.25, 0.3) is 0 Å². The normalized spacial score (nSPS) is 12.3. The molecule has 108 valence electrons. The number of nitrogens with one attached hydrogen (secondary N) is 1. The lowest BCUT2D eigenvalue weighted by Crippen LogP contribution is -2.17. The Morgan fingerprint density at radius 3 is 2.60 bits per heavy atom. The summed E-state index contributed by atoms with van der Waals surface area (Å²) in [7, 11) is 2.01. The second-order valence-electron chi connectivity index (χ2n) is 4.77. The van der Waals surface area contributed by atoms with Crippen LogP contribution in [0.1, 0.15) is 41.6 Å². The van der Waals surface area contributed by atoms with Crippen molar-refractivity contribution in [2.24, 2.45) is 0 Å². The van der Waals surface area contributed by atoms with Crippen molar-refractivity contribution >= 4 is 11.3 Å². The zero-order chi connectivity index (χ0) is 14.4. The van der Waals surface area contributed by atoms with Gasteiger partial charge in [-0.3, -0.25) is 0 Å². The SMILES string of the molecule is CCCOc1ccccc1C(NC)c1ccc(CC)s1. The number of thiophene rings is 1. The second kappa shape index (κ2) is 7.46. The zero-order valence-corrected chi connectivity index (χ0v) is 13.3. The highest BCUT2D eigenvalue weighted by atomic mass is 32.1. The van der Waals surface area contributed by atoms with E-state index >= 15 is 0 Å². The van der Waals surface area contributed by atoms with Gasteiger partial charge in [-0.25, -0.2) is 0 Å². The highest BCUT2D eigenvalue weighted by molar-refractivity contribution is 7.12. The summed E-state index contributed by atoms with van der Waals surface area (Å²) in [4.78, 5) is 2.77. The largest absolute Gasteiger partial charge is 0.493 e. The lowest BCUT2D eigenvalue weighted by Gasteiger charge is -2.19. The van der Waals surface area contributed by atoms with Crippen LogP contribution >= 0.6 is 11.3 Å². The summed E-state index contributed by atoms with van der Waals surface area (Å²) in [6, 6.07) is 13.0. The molecule has 2 rings (SSSR count). The van der Waals surface area contributed by atoms with Crippen LogP contribution in [0.15, 0.2) is 36.4 Å². The third-order valence-corrected chi connectivity index (χ3v) is 4.59. The summed E-state index contributed by atoms with van der Waals surface area (Å²) in [5.41, 5.74) is 1.22. The minimum atomic E-state index is 0.202. The lowest BCUT2D eigenvalue weighted by molar-refractivity contribution is 0.312. The summed E-state index contributed by atoms with van der Waals surface area (Å²) in [5, 5.41) is 3.42. The topological polar surface area (TPSA) is 21.3 Å². The molecular weight excluding hydrogens is 266 g/mol. The Labute approximate surface area is 125 Å². The van der Waals surface area contributed by atoms with Crippen molar-refractivity contribution in [2.45, 2.75) is 32.7 Å². The van der Waals surface area contributed by atoms with E-state index in [-0.39, 0.29) is 6.04 Å². The van der Waals surface area contributed by atoms with Crippen molar-refractivity contribution in [2.75, 3.05) is 13.7 Å². The van der Waals surface area contributed by atoms with Crippen LogP contribution in [0.4, 0.5) is 0 Å². The molecule has 0 saturated carbocycles. The summed E-state index contributed by atoms with van der Waals surface area (Å²) in [5.74, 6) is 0.986. The highest BCUT2D eigenvalue weighted by Crippen LogP contribution is 2.33. The first-order valence-electron chi connectivity index (χ1n) is 7.27. The predicted octanol–water partition coefficient (Wildman–Crippen LogP) is 4.41. The van der Waals surface area contributed by atoms with Gasteiger partial charge in [-0.1, -0.05) is 32.0 Å². The van der Waals surface area contributed by atoms with Gasteiger partial charge in [0.1, 0.15) is 5.75 Å². The number of benzene rings is 1. The number of hydrogen-bond donors (Lipinski definition) is 1. The van der Waals surface area contributed by atoms with Gasteiger partial charge in [-0.2, -0.15) is 0 Å².